The van der Waals surface area contributed by atoms with E-state index in [2.05, 4.69) is 0 Å². The molecule has 26 heavy (non-hydrogen) atoms. The van der Waals surface area contributed by atoms with Crippen LogP contribution < -0.4 is 4.74 Å². The summed E-state index contributed by atoms with van der Waals surface area (Å²) in [6.45, 7) is 2.78. The lowest BCUT2D eigenvalue weighted by atomic mass is 10.0. The highest BCUT2D eigenvalue weighted by Crippen LogP contribution is 2.27. The predicted molar refractivity (Wildman–Crippen MR) is 102 cm³/mol. The predicted octanol–water partition coefficient (Wildman–Crippen LogP) is 3.77. The van der Waals surface area contributed by atoms with Crippen LogP contribution in [-0.2, 0) is 9.59 Å². The molecule has 3 rings (SSSR count). The molecule has 2 aliphatic rings. The van der Waals surface area contributed by atoms with E-state index in [1.807, 2.05) is 9.80 Å². The van der Waals surface area contributed by atoms with Crippen molar-refractivity contribution in [1.82, 2.24) is 9.80 Å². The number of carbonyl (C=O) groups excluding carboxylic acids is 2. The molecule has 0 atom stereocenters. The molecular formula is C19H24Cl2N2O3. The number of hydrogen-bond acceptors (Lipinski definition) is 3. The molecule has 0 aliphatic carbocycles. The van der Waals surface area contributed by atoms with Gasteiger partial charge in [0.15, 0.2) is 0 Å². The van der Waals surface area contributed by atoms with Gasteiger partial charge in [-0.25, -0.2) is 0 Å². The Bertz CT molecular complexity index is 660. The Labute approximate surface area is 164 Å². The van der Waals surface area contributed by atoms with Gasteiger partial charge in [0, 0.05) is 43.5 Å². The standard InChI is InChI=1S/C19H24Cl2N2O3/c20-14-5-6-17(16(21)13-14)26-12-2-4-18(24)22-10-7-15(8-11-22)23-9-1-3-19(23)25/h5-6,13,15H,1-4,7-12H2. The fourth-order valence-corrected chi connectivity index (χ4v) is 4.10. The van der Waals surface area contributed by atoms with Crippen LogP contribution in [0.3, 0.4) is 0 Å². The lowest BCUT2D eigenvalue weighted by molar-refractivity contribution is -0.134. The minimum absolute atomic E-state index is 0.155. The van der Waals surface area contributed by atoms with E-state index in [9.17, 15) is 9.59 Å². The van der Waals surface area contributed by atoms with Crippen molar-refractivity contribution < 1.29 is 14.3 Å². The van der Waals surface area contributed by atoms with Crippen molar-refractivity contribution >= 4 is 35.0 Å². The van der Waals surface area contributed by atoms with Gasteiger partial charge in [0.25, 0.3) is 0 Å². The number of hydrogen-bond donors (Lipinski definition) is 0. The Morgan fingerprint density at radius 2 is 1.96 bits per heavy atom. The van der Waals surface area contributed by atoms with Gasteiger partial charge in [0.2, 0.25) is 11.8 Å². The van der Waals surface area contributed by atoms with Crippen molar-refractivity contribution in [3.63, 3.8) is 0 Å². The molecule has 0 N–H and O–H groups in total. The first-order valence-corrected chi connectivity index (χ1v) is 9.95. The molecule has 7 heteroatoms. The molecule has 2 aliphatic heterocycles. The van der Waals surface area contributed by atoms with Gasteiger partial charge >= 0.3 is 0 Å². The van der Waals surface area contributed by atoms with Crippen molar-refractivity contribution in [2.75, 3.05) is 26.2 Å². The Balaban J connectivity index is 1.36. The van der Waals surface area contributed by atoms with Gasteiger partial charge in [-0.1, -0.05) is 23.2 Å². The Morgan fingerprint density at radius 1 is 1.19 bits per heavy atom. The second kappa shape index (κ2) is 8.96. The molecule has 5 nitrogen and oxygen atoms in total. The summed E-state index contributed by atoms with van der Waals surface area (Å²) in [7, 11) is 0. The molecule has 2 fully saturated rings. The van der Waals surface area contributed by atoms with Gasteiger partial charge in [0.1, 0.15) is 5.75 Å². The minimum Gasteiger partial charge on any atom is -0.492 e. The molecule has 0 saturated carbocycles. The number of nitrogens with zero attached hydrogens (tertiary/aromatic N) is 2. The third-order valence-electron chi connectivity index (χ3n) is 5.05. The van der Waals surface area contributed by atoms with Crippen LogP contribution in [0.15, 0.2) is 18.2 Å². The van der Waals surface area contributed by atoms with Crippen molar-refractivity contribution in [2.45, 2.75) is 44.6 Å². The van der Waals surface area contributed by atoms with Crippen molar-refractivity contribution in [3.05, 3.63) is 28.2 Å². The quantitative estimate of drug-likeness (QED) is 0.685. The van der Waals surface area contributed by atoms with Crippen molar-refractivity contribution in [3.8, 4) is 5.75 Å². The largest absolute Gasteiger partial charge is 0.492 e. The van der Waals surface area contributed by atoms with Gasteiger partial charge in [-0.2, -0.15) is 0 Å². The summed E-state index contributed by atoms with van der Waals surface area (Å²) in [6, 6.07) is 5.41. The zero-order valence-corrected chi connectivity index (χ0v) is 16.3. The third kappa shape index (κ3) is 4.83. The normalized spacial score (nSPS) is 18.5. The average molecular weight is 399 g/mol. The Morgan fingerprint density at radius 3 is 2.62 bits per heavy atom. The summed E-state index contributed by atoms with van der Waals surface area (Å²) >= 11 is 11.9. The summed E-state index contributed by atoms with van der Waals surface area (Å²) in [4.78, 5) is 28.1. The van der Waals surface area contributed by atoms with Crippen LogP contribution in [0.4, 0.5) is 0 Å². The zero-order valence-electron chi connectivity index (χ0n) is 14.8. The highest BCUT2D eigenvalue weighted by atomic mass is 35.5. The van der Waals surface area contributed by atoms with E-state index >= 15 is 0 Å². The average Bonchev–Trinajstić information content (AvgIpc) is 3.06. The van der Waals surface area contributed by atoms with E-state index in [-0.39, 0.29) is 11.8 Å². The van der Waals surface area contributed by atoms with E-state index in [1.165, 1.54) is 0 Å². The molecular weight excluding hydrogens is 375 g/mol. The Hall–Kier alpha value is -1.46. The van der Waals surface area contributed by atoms with Crippen molar-refractivity contribution in [2.24, 2.45) is 0 Å². The maximum absolute atomic E-state index is 12.4. The molecule has 0 aromatic heterocycles. The molecule has 0 spiro atoms. The van der Waals surface area contributed by atoms with Crippen LogP contribution in [0.1, 0.15) is 38.5 Å². The van der Waals surface area contributed by atoms with E-state index < -0.39 is 0 Å². The number of carbonyl (C=O) groups is 2. The summed E-state index contributed by atoms with van der Waals surface area (Å²) < 4.78 is 5.62. The maximum atomic E-state index is 12.4. The van der Waals surface area contributed by atoms with E-state index in [0.29, 0.717) is 47.7 Å². The highest BCUT2D eigenvalue weighted by molar-refractivity contribution is 6.35. The minimum atomic E-state index is 0.155. The summed E-state index contributed by atoms with van der Waals surface area (Å²) in [5, 5.41) is 1.04. The van der Waals surface area contributed by atoms with E-state index in [1.54, 1.807) is 18.2 Å². The number of benzene rings is 1. The van der Waals surface area contributed by atoms with Gasteiger partial charge in [-0.15, -0.1) is 0 Å². The van der Waals surface area contributed by atoms with Crippen LogP contribution in [0, 0.1) is 0 Å². The maximum Gasteiger partial charge on any atom is 0.222 e. The number of piperidine rings is 1. The van der Waals surface area contributed by atoms with Crippen molar-refractivity contribution in [1.29, 1.82) is 0 Å². The SMILES string of the molecule is O=C(CCCOc1ccc(Cl)cc1Cl)N1CCC(N2CCCC2=O)CC1. The van der Waals surface area contributed by atoms with E-state index in [4.69, 9.17) is 27.9 Å². The lowest BCUT2D eigenvalue weighted by Gasteiger charge is -2.36. The summed E-state index contributed by atoms with van der Waals surface area (Å²) in [6.07, 6.45) is 4.51. The third-order valence-corrected chi connectivity index (χ3v) is 5.58. The summed E-state index contributed by atoms with van der Waals surface area (Å²) in [5.74, 6) is 1.01. The first-order valence-electron chi connectivity index (χ1n) is 9.19. The molecule has 2 amide bonds. The van der Waals surface area contributed by atoms with Gasteiger partial charge in [-0.05, 0) is 43.9 Å². The van der Waals surface area contributed by atoms with E-state index in [0.717, 1.165) is 38.9 Å². The zero-order chi connectivity index (χ0) is 18.5. The number of halogens is 2. The Kier molecular flexibility index (Phi) is 6.65. The smallest absolute Gasteiger partial charge is 0.222 e. The second-order valence-electron chi connectivity index (χ2n) is 6.83. The fourth-order valence-electron chi connectivity index (χ4n) is 3.64. The first-order chi connectivity index (χ1) is 12.5. The molecule has 1 aromatic carbocycles. The summed E-state index contributed by atoms with van der Waals surface area (Å²) in [5.41, 5.74) is 0. The number of ether oxygens (including phenoxy) is 1. The number of likely N-dealkylation sites (tertiary alicyclic amines) is 2. The highest BCUT2D eigenvalue weighted by Gasteiger charge is 2.31. The monoisotopic (exact) mass is 398 g/mol. The molecule has 1 aromatic rings. The molecule has 142 valence electrons. The molecule has 0 radical (unpaired) electrons. The van der Waals surface area contributed by atoms with Crippen LogP contribution in [0.25, 0.3) is 0 Å². The van der Waals surface area contributed by atoms with Gasteiger partial charge < -0.3 is 14.5 Å². The first kappa shape index (κ1) is 19.3. The topological polar surface area (TPSA) is 49.9 Å². The van der Waals surface area contributed by atoms with Crippen LogP contribution >= 0.6 is 23.2 Å². The fraction of sp³-hybridized carbons (Fsp3) is 0.579. The number of rotatable bonds is 6. The van der Waals surface area contributed by atoms with Gasteiger partial charge in [0.05, 0.1) is 11.6 Å². The molecule has 2 heterocycles. The molecule has 0 unspecified atom stereocenters. The molecule has 2 saturated heterocycles. The van der Waals surface area contributed by atoms with Crippen LogP contribution in [-0.4, -0.2) is 53.9 Å². The van der Waals surface area contributed by atoms with Crippen LogP contribution in [0.5, 0.6) is 5.75 Å². The van der Waals surface area contributed by atoms with Gasteiger partial charge in [-0.3, -0.25) is 9.59 Å². The number of amides is 2. The second-order valence-corrected chi connectivity index (χ2v) is 7.67. The van der Waals surface area contributed by atoms with Crippen LogP contribution in [0.2, 0.25) is 10.0 Å². The lowest BCUT2D eigenvalue weighted by Crippen LogP contribution is -2.47. The molecule has 0 bridgehead atoms.